The number of aliphatic carboxylic acids is 1. The van der Waals surface area contributed by atoms with Crippen LogP contribution in [-0.4, -0.2) is 34.2 Å². The Kier molecular flexibility index (Phi) is 4.80. The lowest BCUT2D eigenvalue weighted by Gasteiger charge is -2.29. The largest absolute Gasteiger partial charge is 0.497 e. The molecular formula is C18H14N4O4S. The number of carbonyl (C=O) groups is 2. The predicted molar refractivity (Wildman–Crippen MR) is 95.7 cm³/mol. The van der Waals surface area contributed by atoms with E-state index in [0.29, 0.717) is 11.3 Å². The summed E-state index contributed by atoms with van der Waals surface area (Å²) in [6.07, 6.45) is -0.398. The lowest BCUT2D eigenvalue weighted by molar-refractivity contribution is -0.139. The van der Waals surface area contributed by atoms with E-state index < -0.39 is 29.5 Å². The molecule has 9 heteroatoms. The van der Waals surface area contributed by atoms with Gasteiger partial charge >= 0.3 is 5.97 Å². The van der Waals surface area contributed by atoms with E-state index in [1.807, 2.05) is 6.07 Å². The molecule has 2 unspecified atom stereocenters. The average molecular weight is 382 g/mol. The molecular weight excluding hydrogens is 368 g/mol. The van der Waals surface area contributed by atoms with Crippen LogP contribution in [0.3, 0.4) is 0 Å². The quantitative estimate of drug-likeness (QED) is 0.801. The van der Waals surface area contributed by atoms with Crippen molar-refractivity contribution in [2.75, 3.05) is 7.11 Å². The number of carbonyl (C=O) groups excluding carboxylic acids is 1. The minimum Gasteiger partial charge on any atom is -0.497 e. The van der Waals surface area contributed by atoms with Crippen LogP contribution >= 0.6 is 11.8 Å². The third-order valence-corrected chi connectivity index (χ3v) is 5.61. The molecule has 0 radical (unpaired) electrons. The van der Waals surface area contributed by atoms with E-state index in [1.54, 1.807) is 24.3 Å². The van der Waals surface area contributed by atoms with Crippen LogP contribution in [0.4, 0.5) is 0 Å². The van der Waals surface area contributed by atoms with Crippen molar-refractivity contribution < 1.29 is 19.4 Å². The van der Waals surface area contributed by atoms with Crippen molar-refractivity contribution in [1.82, 2.24) is 4.90 Å². The van der Waals surface area contributed by atoms with Gasteiger partial charge in [0.05, 0.1) is 47.8 Å². The van der Waals surface area contributed by atoms with Gasteiger partial charge in [-0.15, -0.1) is 0 Å². The highest BCUT2D eigenvalue weighted by Crippen LogP contribution is 2.49. The summed E-state index contributed by atoms with van der Waals surface area (Å²) in [6, 6.07) is 10.9. The minimum absolute atomic E-state index is 0.0716. The number of methoxy groups -OCH3 is 1. The second-order valence-corrected chi connectivity index (χ2v) is 7.02. The summed E-state index contributed by atoms with van der Waals surface area (Å²) in [6.45, 7) is 0. The number of thioether (sulfide) groups is 1. The monoisotopic (exact) mass is 382 g/mol. The molecule has 3 N–H and O–H groups in total. The van der Waals surface area contributed by atoms with Crippen LogP contribution < -0.4 is 10.5 Å². The first kappa shape index (κ1) is 18.4. The summed E-state index contributed by atoms with van der Waals surface area (Å²) in [7, 11) is 1.53. The molecule has 1 aromatic rings. The molecule has 0 bridgehead atoms. The maximum absolute atomic E-state index is 12.6. The summed E-state index contributed by atoms with van der Waals surface area (Å²) in [5.74, 6) is -1.86. The zero-order valence-electron chi connectivity index (χ0n) is 14.2. The van der Waals surface area contributed by atoms with E-state index in [9.17, 15) is 20.1 Å². The molecule has 27 heavy (non-hydrogen) atoms. The van der Waals surface area contributed by atoms with Gasteiger partial charge < -0.3 is 15.6 Å². The molecule has 0 spiro atoms. The number of nitriles is 2. The van der Waals surface area contributed by atoms with Crippen LogP contribution in [0.15, 0.2) is 46.3 Å². The van der Waals surface area contributed by atoms with Gasteiger partial charge in [0, 0.05) is 0 Å². The lowest BCUT2D eigenvalue weighted by Crippen LogP contribution is -2.37. The van der Waals surface area contributed by atoms with E-state index >= 15 is 0 Å². The number of carboxylic acids is 1. The zero-order chi connectivity index (χ0) is 19.7. The molecule has 2 aliphatic rings. The van der Waals surface area contributed by atoms with E-state index in [0.717, 1.165) is 16.7 Å². The van der Waals surface area contributed by atoms with Crippen LogP contribution in [0.25, 0.3) is 0 Å². The smallest absolute Gasteiger partial charge is 0.305 e. The Labute approximate surface area is 159 Å². The van der Waals surface area contributed by atoms with Gasteiger partial charge in [0.15, 0.2) is 0 Å². The van der Waals surface area contributed by atoms with Crippen molar-refractivity contribution in [3.8, 4) is 17.9 Å². The Balaban J connectivity index is 2.15. The third-order valence-electron chi connectivity index (χ3n) is 4.33. The Bertz CT molecular complexity index is 969. The summed E-state index contributed by atoms with van der Waals surface area (Å²) in [5.41, 5.74) is 7.01. The number of carboxylic acid groups (broad SMARTS) is 1. The van der Waals surface area contributed by atoms with Crippen molar-refractivity contribution >= 4 is 23.6 Å². The molecule has 2 aliphatic heterocycles. The number of nitrogens with two attached hydrogens (primary N) is 1. The molecule has 0 aromatic heterocycles. The van der Waals surface area contributed by atoms with Crippen LogP contribution in [0.1, 0.15) is 17.9 Å². The number of fused-ring (bicyclic) bond motifs is 1. The van der Waals surface area contributed by atoms with Gasteiger partial charge in [-0.1, -0.05) is 23.9 Å². The molecule has 1 amide bonds. The van der Waals surface area contributed by atoms with Crippen molar-refractivity contribution in [3.05, 3.63) is 51.8 Å². The predicted octanol–water partition coefficient (Wildman–Crippen LogP) is 1.64. The van der Waals surface area contributed by atoms with Crippen molar-refractivity contribution in [1.29, 1.82) is 10.5 Å². The van der Waals surface area contributed by atoms with Crippen LogP contribution in [0.2, 0.25) is 0 Å². The van der Waals surface area contributed by atoms with Crippen LogP contribution in [0, 0.1) is 22.7 Å². The maximum atomic E-state index is 12.6. The molecule has 136 valence electrons. The first-order valence-corrected chi connectivity index (χ1v) is 8.71. The lowest BCUT2D eigenvalue weighted by atomic mass is 9.83. The van der Waals surface area contributed by atoms with Crippen molar-refractivity contribution in [3.63, 3.8) is 0 Å². The Morgan fingerprint density at radius 1 is 1.30 bits per heavy atom. The molecule has 0 aliphatic carbocycles. The fourth-order valence-electron chi connectivity index (χ4n) is 3.08. The highest BCUT2D eigenvalue weighted by atomic mass is 32.2. The minimum atomic E-state index is -1.13. The first-order valence-electron chi connectivity index (χ1n) is 7.83. The highest BCUT2D eigenvalue weighted by Gasteiger charge is 2.47. The van der Waals surface area contributed by atoms with Crippen LogP contribution in [-0.2, 0) is 9.59 Å². The number of amides is 1. The number of benzene rings is 1. The van der Waals surface area contributed by atoms with E-state index in [2.05, 4.69) is 6.07 Å². The second kappa shape index (κ2) is 7.06. The SMILES string of the molecule is COc1ccc(C2C(C#N)=C(N)N3C(=O)C(CC(=O)O)SC3=C2C#N)cc1. The van der Waals surface area contributed by atoms with Gasteiger partial charge in [0.1, 0.15) is 16.8 Å². The Morgan fingerprint density at radius 3 is 2.44 bits per heavy atom. The van der Waals surface area contributed by atoms with E-state index in [4.69, 9.17) is 15.6 Å². The average Bonchev–Trinajstić information content (AvgIpc) is 2.97. The number of rotatable bonds is 4. The topological polar surface area (TPSA) is 140 Å². The summed E-state index contributed by atoms with van der Waals surface area (Å²) in [4.78, 5) is 24.7. The van der Waals surface area contributed by atoms with Gasteiger partial charge in [0.25, 0.3) is 0 Å². The molecule has 8 nitrogen and oxygen atoms in total. The second-order valence-electron chi connectivity index (χ2n) is 5.83. The van der Waals surface area contributed by atoms with Gasteiger partial charge in [-0.25, -0.2) is 0 Å². The van der Waals surface area contributed by atoms with Crippen LogP contribution in [0.5, 0.6) is 5.75 Å². The van der Waals surface area contributed by atoms with E-state index in [-0.39, 0.29) is 22.0 Å². The molecule has 2 atom stereocenters. The van der Waals surface area contributed by atoms with Crippen molar-refractivity contribution in [2.45, 2.75) is 17.6 Å². The number of allylic oxidation sites excluding steroid dienone is 2. The maximum Gasteiger partial charge on any atom is 0.305 e. The summed E-state index contributed by atoms with van der Waals surface area (Å²) in [5, 5.41) is 27.8. The number of hydrogen-bond acceptors (Lipinski definition) is 7. The molecule has 1 saturated heterocycles. The summed E-state index contributed by atoms with van der Waals surface area (Å²) >= 11 is 0.990. The van der Waals surface area contributed by atoms with Gasteiger partial charge in [-0.3, -0.25) is 14.5 Å². The van der Waals surface area contributed by atoms with Gasteiger partial charge in [-0.2, -0.15) is 10.5 Å². The number of ether oxygens (including phenoxy) is 1. The molecule has 1 fully saturated rings. The van der Waals surface area contributed by atoms with Gasteiger partial charge in [-0.05, 0) is 17.7 Å². The molecule has 2 heterocycles. The molecule has 1 aromatic carbocycles. The highest BCUT2D eigenvalue weighted by molar-refractivity contribution is 8.04. The fraction of sp³-hybridized carbons (Fsp3) is 0.222. The normalized spacial score (nSPS) is 21.6. The number of hydrogen-bond donors (Lipinski definition) is 2. The fourth-order valence-corrected chi connectivity index (χ4v) is 4.37. The van der Waals surface area contributed by atoms with Crippen molar-refractivity contribution in [2.24, 2.45) is 5.73 Å². The van der Waals surface area contributed by atoms with E-state index in [1.165, 1.54) is 7.11 Å². The third kappa shape index (κ3) is 2.98. The van der Waals surface area contributed by atoms with Gasteiger partial charge in [0.2, 0.25) is 5.91 Å². The molecule has 0 saturated carbocycles. The number of nitrogens with zero attached hydrogens (tertiary/aromatic N) is 3. The zero-order valence-corrected chi connectivity index (χ0v) is 15.0. The first-order chi connectivity index (χ1) is 12.9. The standard InChI is InChI=1S/C18H14N4O4S/c1-26-10-4-2-9(3-5-10)15-11(7-19)16(21)22-17(25)13(6-14(23)24)27-18(22)12(15)8-20/h2-5,13,15H,6,21H2,1H3,(H,23,24). The summed E-state index contributed by atoms with van der Waals surface area (Å²) < 4.78 is 5.13. The Hall–Kier alpha value is -3.43. The Morgan fingerprint density at radius 2 is 1.93 bits per heavy atom. The molecule has 3 rings (SSSR count).